The fraction of sp³-hybridized carbons (Fsp3) is 0.357. The molecular weight excluding hydrogens is 415 g/mol. The molecule has 0 spiro atoms. The van der Waals surface area contributed by atoms with Crippen LogP contribution in [0.4, 0.5) is 5.95 Å². The molecule has 1 aliphatic rings. The van der Waals surface area contributed by atoms with Gasteiger partial charge in [0, 0.05) is 27.7 Å². The predicted molar refractivity (Wildman–Crippen MR) is 99.2 cm³/mol. The van der Waals surface area contributed by atoms with Crippen LogP contribution in [0, 0.1) is 0 Å². The lowest BCUT2D eigenvalue weighted by Gasteiger charge is -2.15. The first-order chi connectivity index (χ1) is 11.1. The summed E-state index contributed by atoms with van der Waals surface area (Å²) in [4.78, 5) is 12.7. The van der Waals surface area contributed by atoms with Crippen LogP contribution < -0.4 is 11.1 Å². The standard InChI is InChI=1S/C14H12Cl5N5/c15-8-3-7(4-9(16)5-8)10-22-11(14(17,18)19)24-12(23-10)21-6-13(20)1-2-13/h3-5H,1-2,6,20H2,(H,21,22,23,24). The zero-order valence-corrected chi connectivity index (χ0v) is 15.9. The molecule has 1 heterocycles. The highest BCUT2D eigenvalue weighted by atomic mass is 35.6. The molecule has 24 heavy (non-hydrogen) atoms. The molecule has 1 aromatic heterocycles. The first kappa shape index (κ1) is 18.2. The number of hydrogen-bond donors (Lipinski definition) is 2. The molecule has 5 nitrogen and oxygen atoms in total. The normalized spacial score (nSPS) is 16.1. The molecule has 0 atom stereocenters. The average molecular weight is 428 g/mol. The van der Waals surface area contributed by atoms with Crippen LogP contribution in [-0.4, -0.2) is 27.0 Å². The molecular formula is C14H12Cl5N5. The van der Waals surface area contributed by atoms with Gasteiger partial charge in [-0.1, -0.05) is 58.0 Å². The molecule has 0 unspecified atom stereocenters. The van der Waals surface area contributed by atoms with Gasteiger partial charge < -0.3 is 11.1 Å². The summed E-state index contributed by atoms with van der Waals surface area (Å²) in [6.45, 7) is 0.520. The summed E-state index contributed by atoms with van der Waals surface area (Å²) >= 11 is 29.9. The minimum Gasteiger partial charge on any atom is -0.352 e. The van der Waals surface area contributed by atoms with E-state index in [1.54, 1.807) is 18.2 Å². The molecule has 1 aliphatic carbocycles. The van der Waals surface area contributed by atoms with Crippen molar-refractivity contribution >= 4 is 64.0 Å². The molecule has 10 heteroatoms. The summed E-state index contributed by atoms with van der Waals surface area (Å²) in [5.74, 6) is 0.562. The predicted octanol–water partition coefficient (Wildman–Crippen LogP) is 4.58. The third kappa shape index (κ3) is 4.54. The molecule has 3 N–H and O–H groups in total. The van der Waals surface area contributed by atoms with Gasteiger partial charge in [0.25, 0.3) is 0 Å². The summed E-state index contributed by atoms with van der Waals surface area (Å²) in [5.41, 5.74) is 6.42. The number of alkyl halides is 3. The number of nitrogens with zero attached hydrogens (tertiary/aromatic N) is 3. The maximum absolute atomic E-state index is 6.06. The highest BCUT2D eigenvalue weighted by Crippen LogP contribution is 2.37. The summed E-state index contributed by atoms with van der Waals surface area (Å²) in [6, 6.07) is 4.94. The van der Waals surface area contributed by atoms with Crippen molar-refractivity contribution in [2.75, 3.05) is 11.9 Å². The van der Waals surface area contributed by atoms with Gasteiger partial charge in [0.05, 0.1) is 0 Å². The quantitative estimate of drug-likeness (QED) is 0.699. The van der Waals surface area contributed by atoms with Crippen molar-refractivity contribution in [1.82, 2.24) is 15.0 Å². The third-order valence-electron chi connectivity index (χ3n) is 3.50. The summed E-state index contributed by atoms with van der Waals surface area (Å²) in [6.07, 6.45) is 1.89. The number of anilines is 1. The summed E-state index contributed by atoms with van der Waals surface area (Å²) in [7, 11) is 0. The maximum Gasteiger partial charge on any atom is 0.250 e. The highest BCUT2D eigenvalue weighted by molar-refractivity contribution is 6.66. The zero-order valence-electron chi connectivity index (χ0n) is 12.2. The van der Waals surface area contributed by atoms with E-state index in [-0.39, 0.29) is 17.3 Å². The SMILES string of the molecule is NC1(CNc2nc(-c3cc(Cl)cc(Cl)c3)nc(C(Cl)(Cl)Cl)n2)CC1. The molecule has 0 saturated heterocycles. The minimum atomic E-state index is -1.80. The lowest BCUT2D eigenvalue weighted by molar-refractivity contribution is 0.706. The molecule has 3 rings (SSSR count). The van der Waals surface area contributed by atoms with Gasteiger partial charge in [0.1, 0.15) is 0 Å². The van der Waals surface area contributed by atoms with E-state index in [0.29, 0.717) is 28.0 Å². The number of aromatic nitrogens is 3. The van der Waals surface area contributed by atoms with Crippen LogP contribution in [0.3, 0.4) is 0 Å². The van der Waals surface area contributed by atoms with E-state index < -0.39 is 3.79 Å². The van der Waals surface area contributed by atoms with Gasteiger partial charge in [0.2, 0.25) is 9.74 Å². The molecule has 0 aliphatic heterocycles. The van der Waals surface area contributed by atoms with Crippen LogP contribution in [0.1, 0.15) is 18.7 Å². The van der Waals surface area contributed by atoms with E-state index in [4.69, 9.17) is 63.7 Å². The van der Waals surface area contributed by atoms with E-state index in [1.165, 1.54) is 0 Å². The van der Waals surface area contributed by atoms with Crippen molar-refractivity contribution in [1.29, 1.82) is 0 Å². The van der Waals surface area contributed by atoms with E-state index in [9.17, 15) is 0 Å². The Morgan fingerprint density at radius 2 is 1.67 bits per heavy atom. The number of rotatable bonds is 4. The van der Waals surface area contributed by atoms with Gasteiger partial charge in [-0.3, -0.25) is 0 Å². The Morgan fingerprint density at radius 1 is 1.04 bits per heavy atom. The van der Waals surface area contributed by atoms with Crippen molar-refractivity contribution in [2.24, 2.45) is 5.73 Å². The van der Waals surface area contributed by atoms with Crippen LogP contribution in [0.5, 0.6) is 0 Å². The Hall–Kier alpha value is -0.560. The summed E-state index contributed by atoms with van der Waals surface area (Å²) < 4.78 is -1.80. The minimum absolute atomic E-state index is 0.00188. The lowest BCUT2D eigenvalue weighted by Crippen LogP contribution is -2.31. The molecule has 0 bridgehead atoms. The van der Waals surface area contributed by atoms with Gasteiger partial charge in [-0.2, -0.15) is 9.97 Å². The van der Waals surface area contributed by atoms with Crippen LogP contribution in [-0.2, 0) is 3.79 Å². The van der Waals surface area contributed by atoms with Gasteiger partial charge in [-0.25, -0.2) is 4.98 Å². The Balaban J connectivity index is 2.00. The second kappa shape index (κ2) is 6.63. The Kier molecular flexibility index (Phi) is 5.04. The van der Waals surface area contributed by atoms with E-state index in [2.05, 4.69) is 20.3 Å². The van der Waals surface area contributed by atoms with E-state index in [1.807, 2.05) is 0 Å². The number of nitrogens with one attached hydrogen (secondary N) is 1. The maximum atomic E-state index is 6.06. The van der Waals surface area contributed by atoms with Crippen molar-refractivity contribution < 1.29 is 0 Å². The monoisotopic (exact) mass is 425 g/mol. The first-order valence-corrected chi connectivity index (χ1v) is 8.86. The molecule has 128 valence electrons. The molecule has 1 saturated carbocycles. The lowest BCUT2D eigenvalue weighted by atomic mass is 10.2. The van der Waals surface area contributed by atoms with E-state index in [0.717, 1.165) is 12.8 Å². The zero-order chi connectivity index (χ0) is 17.5. The fourth-order valence-electron chi connectivity index (χ4n) is 1.99. The van der Waals surface area contributed by atoms with Crippen LogP contribution >= 0.6 is 58.0 Å². The Morgan fingerprint density at radius 3 is 2.21 bits per heavy atom. The number of nitrogens with two attached hydrogens (primary N) is 1. The van der Waals surface area contributed by atoms with E-state index >= 15 is 0 Å². The molecule has 1 aromatic carbocycles. The third-order valence-corrected chi connectivity index (χ3v) is 4.44. The van der Waals surface area contributed by atoms with Gasteiger partial charge >= 0.3 is 0 Å². The van der Waals surface area contributed by atoms with Crippen molar-refractivity contribution in [3.05, 3.63) is 34.1 Å². The average Bonchev–Trinajstić information content (AvgIpc) is 3.21. The van der Waals surface area contributed by atoms with Gasteiger partial charge in [-0.15, -0.1) is 0 Å². The van der Waals surface area contributed by atoms with Crippen molar-refractivity contribution in [2.45, 2.75) is 22.2 Å². The Bertz CT molecular complexity index is 752. The van der Waals surface area contributed by atoms with Crippen LogP contribution in [0.25, 0.3) is 11.4 Å². The smallest absolute Gasteiger partial charge is 0.250 e. The van der Waals surface area contributed by atoms with Gasteiger partial charge in [0.15, 0.2) is 11.6 Å². The van der Waals surface area contributed by atoms with Crippen molar-refractivity contribution in [3.63, 3.8) is 0 Å². The number of hydrogen-bond acceptors (Lipinski definition) is 5. The Labute approximate surface area is 163 Å². The fourth-order valence-corrected chi connectivity index (χ4v) is 2.77. The van der Waals surface area contributed by atoms with Gasteiger partial charge in [-0.05, 0) is 31.0 Å². The van der Waals surface area contributed by atoms with Crippen LogP contribution in [0.2, 0.25) is 10.0 Å². The van der Waals surface area contributed by atoms with Crippen LogP contribution in [0.15, 0.2) is 18.2 Å². The molecule has 0 radical (unpaired) electrons. The number of benzene rings is 1. The molecule has 2 aromatic rings. The molecule has 1 fully saturated rings. The largest absolute Gasteiger partial charge is 0.352 e. The second-order valence-electron chi connectivity index (χ2n) is 5.68. The van der Waals surface area contributed by atoms with Crippen molar-refractivity contribution in [3.8, 4) is 11.4 Å². The summed E-state index contributed by atoms with van der Waals surface area (Å²) in [5, 5.41) is 3.96. The second-order valence-corrected chi connectivity index (χ2v) is 8.83. The number of halogens is 5. The topological polar surface area (TPSA) is 76.7 Å². The first-order valence-electron chi connectivity index (χ1n) is 6.97. The molecule has 0 amide bonds. The highest BCUT2D eigenvalue weighted by Gasteiger charge is 2.38.